The monoisotopic (exact) mass is 386 g/mol. The number of aromatic nitrogens is 5. The Morgan fingerprint density at radius 2 is 2.07 bits per heavy atom. The molecule has 0 aromatic carbocycles. The van der Waals surface area contributed by atoms with Crippen LogP contribution in [0.25, 0.3) is 0 Å². The highest BCUT2D eigenvalue weighted by molar-refractivity contribution is 5.80. The van der Waals surface area contributed by atoms with Crippen molar-refractivity contribution in [3.05, 3.63) is 29.6 Å². The summed E-state index contributed by atoms with van der Waals surface area (Å²) < 4.78 is 4.17. The van der Waals surface area contributed by atoms with E-state index in [9.17, 15) is 0 Å². The minimum atomic E-state index is 0.545. The highest BCUT2D eigenvalue weighted by Crippen LogP contribution is 2.17. The standard InChI is InChI=1S/C20H34N8/c1-4-19-25-23-15-27(19)13-11-22-20(24-18-8-5-6-9-18)21-10-7-12-28-17(3)14-16(2)26-28/h14-15,18H,4-13H2,1-3H3,(H2,21,22,24). The number of hydrogen-bond acceptors (Lipinski definition) is 4. The van der Waals surface area contributed by atoms with Crippen LogP contribution in [0.1, 0.15) is 56.2 Å². The Bertz CT molecular complexity index is 754. The molecule has 2 aromatic rings. The van der Waals surface area contributed by atoms with Crippen molar-refractivity contribution in [2.45, 2.75) is 78.4 Å². The van der Waals surface area contributed by atoms with Gasteiger partial charge in [-0.2, -0.15) is 5.10 Å². The van der Waals surface area contributed by atoms with Crippen LogP contribution in [-0.2, 0) is 19.5 Å². The van der Waals surface area contributed by atoms with Crippen molar-refractivity contribution in [3.63, 3.8) is 0 Å². The Morgan fingerprint density at radius 3 is 2.79 bits per heavy atom. The lowest BCUT2D eigenvalue weighted by Crippen LogP contribution is -2.43. The molecule has 154 valence electrons. The third kappa shape index (κ3) is 5.81. The first-order valence-electron chi connectivity index (χ1n) is 10.6. The number of nitrogens with zero attached hydrogens (tertiary/aromatic N) is 6. The van der Waals surface area contributed by atoms with Crippen LogP contribution < -0.4 is 10.6 Å². The maximum atomic E-state index is 4.81. The summed E-state index contributed by atoms with van der Waals surface area (Å²) in [5, 5.41) is 19.8. The average Bonchev–Trinajstić information content (AvgIpc) is 3.40. The van der Waals surface area contributed by atoms with Gasteiger partial charge >= 0.3 is 0 Å². The summed E-state index contributed by atoms with van der Waals surface area (Å²) in [6, 6.07) is 2.66. The van der Waals surface area contributed by atoms with Crippen LogP contribution in [0.5, 0.6) is 0 Å². The third-order valence-corrected chi connectivity index (χ3v) is 5.25. The molecule has 8 heteroatoms. The molecule has 2 heterocycles. The molecule has 0 aliphatic heterocycles. The predicted molar refractivity (Wildman–Crippen MR) is 111 cm³/mol. The molecule has 0 saturated heterocycles. The van der Waals surface area contributed by atoms with Crippen molar-refractivity contribution < 1.29 is 0 Å². The Kier molecular flexibility index (Phi) is 7.45. The van der Waals surface area contributed by atoms with E-state index in [1.54, 1.807) is 6.33 Å². The SMILES string of the molecule is CCc1nncn1CCNC(=NCCCn1nc(C)cc1C)NC1CCCC1. The zero-order chi connectivity index (χ0) is 19.8. The molecule has 28 heavy (non-hydrogen) atoms. The van der Waals surface area contributed by atoms with E-state index >= 15 is 0 Å². The Morgan fingerprint density at radius 1 is 1.25 bits per heavy atom. The van der Waals surface area contributed by atoms with Gasteiger partial charge in [0.25, 0.3) is 0 Å². The molecule has 1 aliphatic carbocycles. The molecule has 0 unspecified atom stereocenters. The predicted octanol–water partition coefficient (Wildman–Crippen LogP) is 2.22. The Hall–Kier alpha value is -2.38. The van der Waals surface area contributed by atoms with Crippen LogP contribution in [0.4, 0.5) is 0 Å². The number of aliphatic imine (C=N–C) groups is 1. The number of guanidine groups is 1. The van der Waals surface area contributed by atoms with E-state index < -0.39 is 0 Å². The van der Waals surface area contributed by atoms with Gasteiger partial charge in [-0.1, -0.05) is 19.8 Å². The highest BCUT2D eigenvalue weighted by atomic mass is 15.3. The quantitative estimate of drug-likeness (QED) is 0.392. The van der Waals surface area contributed by atoms with Crippen molar-refractivity contribution in [2.75, 3.05) is 13.1 Å². The Balaban J connectivity index is 1.50. The second-order valence-electron chi connectivity index (χ2n) is 7.58. The molecular formula is C20H34N8. The molecule has 1 fully saturated rings. The largest absolute Gasteiger partial charge is 0.355 e. The molecule has 0 radical (unpaired) electrons. The number of rotatable bonds is 9. The third-order valence-electron chi connectivity index (χ3n) is 5.25. The van der Waals surface area contributed by atoms with E-state index in [4.69, 9.17) is 4.99 Å². The second-order valence-corrected chi connectivity index (χ2v) is 7.58. The first kappa shape index (κ1) is 20.4. The van der Waals surface area contributed by atoms with Gasteiger partial charge in [-0.3, -0.25) is 9.67 Å². The molecule has 2 aromatic heterocycles. The minimum Gasteiger partial charge on any atom is -0.355 e. The average molecular weight is 387 g/mol. The summed E-state index contributed by atoms with van der Waals surface area (Å²) in [6.45, 7) is 9.58. The van der Waals surface area contributed by atoms with Gasteiger partial charge in [0.15, 0.2) is 5.96 Å². The van der Waals surface area contributed by atoms with Crippen molar-refractivity contribution in [3.8, 4) is 0 Å². The lowest BCUT2D eigenvalue weighted by molar-refractivity contribution is 0.561. The van der Waals surface area contributed by atoms with E-state index in [1.807, 2.05) is 6.92 Å². The van der Waals surface area contributed by atoms with Gasteiger partial charge in [0.2, 0.25) is 0 Å². The van der Waals surface area contributed by atoms with Gasteiger partial charge in [-0.05, 0) is 39.2 Å². The van der Waals surface area contributed by atoms with Crippen LogP contribution in [0.15, 0.2) is 17.4 Å². The topological polar surface area (TPSA) is 85.0 Å². The smallest absolute Gasteiger partial charge is 0.191 e. The maximum Gasteiger partial charge on any atom is 0.191 e. The zero-order valence-electron chi connectivity index (χ0n) is 17.5. The number of aryl methyl sites for hydroxylation is 4. The number of hydrogen-bond donors (Lipinski definition) is 2. The fourth-order valence-electron chi connectivity index (χ4n) is 3.76. The first-order valence-corrected chi connectivity index (χ1v) is 10.6. The van der Waals surface area contributed by atoms with Crippen LogP contribution in [0.3, 0.4) is 0 Å². The van der Waals surface area contributed by atoms with Crippen LogP contribution in [0.2, 0.25) is 0 Å². The number of nitrogens with one attached hydrogen (secondary N) is 2. The lowest BCUT2D eigenvalue weighted by Gasteiger charge is -2.18. The first-order chi connectivity index (χ1) is 13.7. The molecular weight excluding hydrogens is 352 g/mol. The van der Waals surface area contributed by atoms with E-state index in [1.165, 1.54) is 31.4 Å². The van der Waals surface area contributed by atoms with Crippen molar-refractivity contribution >= 4 is 5.96 Å². The molecule has 1 aliphatic rings. The maximum absolute atomic E-state index is 4.81. The summed E-state index contributed by atoms with van der Waals surface area (Å²) >= 11 is 0. The minimum absolute atomic E-state index is 0.545. The zero-order valence-corrected chi connectivity index (χ0v) is 17.5. The molecule has 0 amide bonds. The van der Waals surface area contributed by atoms with E-state index in [0.29, 0.717) is 6.04 Å². The van der Waals surface area contributed by atoms with Gasteiger partial charge in [0.05, 0.1) is 5.69 Å². The molecule has 0 atom stereocenters. The second kappa shape index (κ2) is 10.2. The van der Waals surface area contributed by atoms with E-state index in [2.05, 4.69) is 55.1 Å². The molecule has 1 saturated carbocycles. The van der Waals surface area contributed by atoms with Crippen molar-refractivity contribution in [1.29, 1.82) is 0 Å². The van der Waals surface area contributed by atoms with Crippen LogP contribution in [0, 0.1) is 13.8 Å². The Labute approximate surface area is 167 Å². The lowest BCUT2D eigenvalue weighted by atomic mass is 10.2. The molecule has 2 N–H and O–H groups in total. The summed E-state index contributed by atoms with van der Waals surface area (Å²) in [7, 11) is 0. The fraction of sp³-hybridized carbons (Fsp3) is 0.700. The van der Waals surface area contributed by atoms with Crippen LogP contribution in [-0.4, -0.2) is 49.6 Å². The van der Waals surface area contributed by atoms with Gasteiger partial charge in [-0.25, -0.2) is 0 Å². The van der Waals surface area contributed by atoms with Gasteiger partial charge < -0.3 is 15.2 Å². The summed E-state index contributed by atoms with van der Waals surface area (Å²) in [6.07, 6.45) is 8.76. The molecule has 3 rings (SSSR count). The van der Waals surface area contributed by atoms with Crippen LogP contribution >= 0.6 is 0 Å². The van der Waals surface area contributed by atoms with E-state index in [-0.39, 0.29) is 0 Å². The summed E-state index contributed by atoms with van der Waals surface area (Å²) in [4.78, 5) is 4.81. The van der Waals surface area contributed by atoms with Crippen molar-refractivity contribution in [1.82, 2.24) is 35.2 Å². The van der Waals surface area contributed by atoms with Gasteiger partial charge in [0.1, 0.15) is 12.2 Å². The highest BCUT2D eigenvalue weighted by Gasteiger charge is 2.16. The summed E-state index contributed by atoms with van der Waals surface area (Å²) in [5.41, 5.74) is 2.29. The fourth-order valence-corrected chi connectivity index (χ4v) is 3.76. The molecule has 0 bridgehead atoms. The van der Waals surface area contributed by atoms with Gasteiger partial charge in [0, 0.05) is 44.3 Å². The normalized spacial score (nSPS) is 15.3. The summed E-state index contributed by atoms with van der Waals surface area (Å²) in [5.74, 6) is 1.94. The van der Waals surface area contributed by atoms with E-state index in [0.717, 1.165) is 56.5 Å². The van der Waals surface area contributed by atoms with Crippen molar-refractivity contribution in [2.24, 2.45) is 4.99 Å². The molecule has 0 spiro atoms. The molecule has 8 nitrogen and oxygen atoms in total. The van der Waals surface area contributed by atoms with Gasteiger partial charge in [-0.15, -0.1) is 10.2 Å².